The number of carbonyl (C=O) groups excluding carboxylic acids is 1. The standard InChI is InChI=1S/C19H24N4O4/c1-13(2)27-17-10-9-16(22-23-17)21-19(26)20-15(8-11-18(24)25)12-14-6-4-3-5-7-14/h3-7,9-10,13,15H,8,11-12H2,1-2H3,(H,24,25)(H2,20,21,22,26). The highest BCUT2D eigenvalue weighted by atomic mass is 16.5. The van der Waals surface area contributed by atoms with Crippen molar-refractivity contribution in [1.82, 2.24) is 15.5 Å². The summed E-state index contributed by atoms with van der Waals surface area (Å²) >= 11 is 0. The van der Waals surface area contributed by atoms with Crippen molar-refractivity contribution in [3.63, 3.8) is 0 Å². The van der Waals surface area contributed by atoms with Gasteiger partial charge in [0, 0.05) is 18.5 Å². The molecule has 27 heavy (non-hydrogen) atoms. The summed E-state index contributed by atoms with van der Waals surface area (Å²) in [4.78, 5) is 23.1. The topological polar surface area (TPSA) is 113 Å². The Kier molecular flexibility index (Phi) is 7.54. The summed E-state index contributed by atoms with van der Waals surface area (Å²) in [5, 5.41) is 22.1. The highest BCUT2D eigenvalue weighted by Gasteiger charge is 2.15. The second-order valence-electron chi connectivity index (χ2n) is 6.34. The fraction of sp³-hybridized carbons (Fsp3) is 0.368. The number of nitrogens with one attached hydrogen (secondary N) is 2. The molecule has 1 aromatic heterocycles. The summed E-state index contributed by atoms with van der Waals surface area (Å²) in [5.74, 6) is -0.249. The summed E-state index contributed by atoms with van der Waals surface area (Å²) < 4.78 is 5.40. The van der Waals surface area contributed by atoms with Gasteiger partial charge in [-0.1, -0.05) is 30.3 Å². The molecule has 0 aliphatic heterocycles. The Morgan fingerprint density at radius 3 is 2.44 bits per heavy atom. The number of ether oxygens (including phenoxy) is 1. The van der Waals surface area contributed by atoms with E-state index in [4.69, 9.17) is 9.84 Å². The van der Waals surface area contributed by atoms with Crippen LogP contribution in [0.4, 0.5) is 10.6 Å². The van der Waals surface area contributed by atoms with E-state index in [0.29, 0.717) is 18.7 Å². The average Bonchev–Trinajstić information content (AvgIpc) is 2.62. The molecule has 1 atom stereocenters. The summed E-state index contributed by atoms with van der Waals surface area (Å²) in [7, 11) is 0. The van der Waals surface area contributed by atoms with Crippen LogP contribution in [0.5, 0.6) is 5.88 Å². The second-order valence-corrected chi connectivity index (χ2v) is 6.34. The molecule has 0 aliphatic carbocycles. The predicted molar refractivity (Wildman–Crippen MR) is 101 cm³/mol. The normalized spacial score (nSPS) is 11.7. The molecule has 0 radical (unpaired) electrons. The molecule has 1 heterocycles. The quantitative estimate of drug-likeness (QED) is 0.624. The van der Waals surface area contributed by atoms with Gasteiger partial charge in [0.1, 0.15) is 0 Å². The van der Waals surface area contributed by atoms with Crippen molar-refractivity contribution in [3.05, 3.63) is 48.0 Å². The van der Waals surface area contributed by atoms with E-state index in [0.717, 1.165) is 5.56 Å². The fourth-order valence-corrected chi connectivity index (χ4v) is 2.45. The van der Waals surface area contributed by atoms with Crippen LogP contribution in [0.15, 0.2) is 42.5 Å². The minimum Gasteiger partial charge on any atom is -0.481 e. The lowest BCUT2D eigenvalue weighted by Gasteiger charge is -2.18. The van der Waals surface area contributed by atoms with E-state index >= 15 is 0 Å². The number of hydrogen-bond donors (Lipinski definition) is 3. The van der Waals surface area contributed by atoms with Crippen LogP contribution in [-0.2, 0) is 11.2 Å². The molecule has 2 amide bonds. The third kappa shape index (κ3) is 7.72. The highest BCUT2D eigenvalue weighted by molar-refractivity contribution is 5.88. The second kappa shape index (κ2) is 10.1. The lowest BCUT2D eigenvalue weighted by atomic mass is 10.0. The Morgan fingerprint density at radius 2 is 1.85 bits per heavy atom. The molecular weight excluding hydrogens is 348 g/mol. The first-order valence-corrected chi connectivity index (χ1v) is 8.76. The Labute approximate surface area is 158 Å². The van der Waals surface area contributed by atoms with Gasteiger partial charge in [0.15, 0.2) is 5.82 Å². The first kappa shape index (κ1) is 20.2. The molecule has 1 aromatic carbocycles. The zero-order valence-corrected chi connectivity index (χ0v) is 15.4. The number of amides is 2. The predicted octanol–water partition coefficient (Wildman–Crippen LogP) is 2.86. The van der Waals surface area contributed by atoms with Crippen molar-refractivity contribution >= 4 is 17.8 Å². The molecule has 0 saturated carbocycles. The maximum Gasteiger partial charge on any atom is 0.320 e. The van der Waals surface area contributed by atoms with Gasteiger partial charge in [-0.2, -0.15) is 0 Å². The molecular formula is C19H24N4O4. The molecule has 3 N–H and O–H groups in total. The van der Waals surface area contributed by atoms with Crippen LogP contribution in [0.3, 0.4) is 0 Å². The zero-order valence-electron chi connectivity index (χ0n) is 15.4. The average molecular weight is 372 g/mol. The molecule has 1 unspecified atom stereocenters. The molecule has 0 spiro atoms. The minimum absolute atomic E-state index is 0.0191. The van der Waals surface area contributed by atoms with E-state index in [1.54, 1.807) is 12.1 Å². The van der Waals surface area contributed by atoms with Gasteiger partial charge in [0.25, 0.3) is 0 Å². The van der Waals surface area contributed by atoms with Crippen LogP contribution in [0, 0.1) is 0 Å². The molecule has 0 fully saturated rings. The van der Waals surface area contributed by atoms with E-state index < -0.39 is 12.0 Å². The van der Waals surface area contributed by atoms with Gasteiger partial charge in [-0.15, -0.1) is 10.2 Å². The van der Waals surface area contributed by atoms with Crippen LogP contribution >= 0.6 is 0 Å². The molecule has 0 aliphatic rings. The molecule has 8 heteroatoms. The van der Waals surface area contributed by atoms with Crippen molar-refractivity contribution in [2.45, 2.75) is 45.3 Å². The SMILES string of the molecule is CC(C)Oc1ccc(NC(=O)NC(CCC(=O)O)Cc2ccccc2)nn1. The number of carboxylic acids is 1. The number of nitrogens with zero attached hydrogens (tertiary/aromatic N) is 2. The lowest BCUT2D eigenvalue weighted by molar-refractivity contribution is -0.137. The molecule has 0 saturated heterocycles. The van der Waals surface area contributed by atoms with Crippen LogP contribution in [0.1, 0.15) is 32.3 Å². The fourth-order valence-electron chi connectivity index (χ4n) is 2.45. The Bertz CT molecular complexity index is 735. The summed E-state index contributed by atoms with van der Waals surface area (Å²) in [5.41, 5.74) is 1.02. The van der Waals surface area contributed by atoms with Crippen molar-refractivity contribution < 1.29 is 19.4 Å². The minimum atomic E-state index is -0.901. The smallest absolute Gasteiger partial charge is 0.320 e. The summed E-state index contributed by atoms with van der Waals surface area (Å²) in [6.45, 7) is 3.76. The number of aromatic nitrogens is 2. The third-order valence-corrected chi connectivity index (χ3v) is 3.60. The number of aliphatic carboxylic acids is 1. The van der Waals surface area contributed by atoms with Crippen molar-refractivity contribution in [3.8, 4) is 5.88 Å². The van der Waals surface area contributed by atoms with E-state index in [2.05, 4.69) is 20.8 Å². The van der Waals surface area contributed by atoms with Crippen LogP contribution in [0.25, 0.3) is 0 Å². The number of carboxylic acid groups (broad SMARTS) is 1. The Hall–Kier alpha value is -3.16. The van der Waals surface area contributed by atoms with Gasteiger partial charge < -0.3 is 15.2 Å². The highest BCUT2D eigenvalue weighted by Crippen LogP contribution is 2.11. The molecule has 0 bridgehead atoms. The Balaban J connectivity index is 1.94. The zero-order chi connectivity index (χ0) is 19.6. The van der Waals surface area contributed by atoms with Gasteiger partial charge in [0.2, 0.25) is 5.88 Å². The van der Waals surface area contributed by atoms with E-state index in [1.807, 2.05) is 44.2 Å². The van der Waals surface area contributed by atoms with Gasteiger partial charge in [-0.25, -0.2) is 4.79 Å². The number of carbonyl (C=O) groups is 2. The van der Waals surface area contributed by atoms with E-state index in [9.17, 15) is 9.59 Å². The van der Waals surface area contributed by atoms with Crippen LogP contribution in [0.2, 0.25) is 0 Å². The largest absolute Gasteiger partial charge is 0.481 e. The van der Waals surface area contributed by atoms with Gasteiger partial charge in [-0.3, -0.25) is 10.1 Å². The first-order chi connectivity index (χ1) is 12.9. The van der Waals surface area contributed by atoms with Gasteiger partial charge in [0.05, 0.1) is 6.10 Å². The molecule has 2 aromatic rings. The number of urea groups is 1. The maximum atomic E-state index is 12.3. The van der Waals surface area contributed by atoms with Crippen molar-refractivity contribution in [2.75, 3.05) is 5.32 Å². The molecule has 2 rings (SSSR count). The number of rotatable bonds is 9. The molecule has 8 nitrogen and oxygen atoms in total. The lowest BCUT2D eigenvalue weighted by Crippen LogP contribution is -2.39. The van der Waals surface area contributed by atoms with Crippen molar-refractivity contribution in [1.29, 1.82) is 0 Å². The van der Waals surface area contributed by atoms with E-state index in [1.165, 1.54) is 0 Å². The van der Waals surface area contributed by atoms with Crippen molar-refractivity contribution in [2.24, 2.45) is 0 Å². The number of benzene rings is 1. The van der Waals surface area contributed by atoms with E-state index in [-0.39, 0.29) is 24.4 Å². The maximum absolute atomic E-state index is 12.3. The number of anilines is 1. The van der Waals surface area contributed by atoms with Crippen LogP contribution < -0.4 is 15.4 Å². The first-order valence-electron chi connectivity index (χ1n) is 8.76. The third-order valence-electron chi connectivity index (χ3n) is 3.60. The summed E-state index contributed by atoms with van der Waals surface area (Å²) in [6, 6.07) is 12.0. The molecule has 144 valence electrons. The Morgan fingerprint density at radius 1 is 1.11 bits per heavy atom. The van der Waals surface area contributed by atoms with Gasteiger partial charge >= 0.3 is 12.0 Å². The number of hydrogen-bond acceptors (Lipinski definition) is 5. The monoisotopic (exact) mass is 372 g/mol. The summed E-state index contributed by atoms with van der Waals surface area (Å²) in [6.07, 6.45) is 0.812. The van der Waals surface area contributed by atoms with Gasteiger partial charge in [-0.05, 0) is 38.3 Å². The van der Waals surface area contributed by atoms with Crippen LogP contribution in [-0.4, -0.2) is 39.5 Å².